The van der Waals surface area contributed by atoms with Crippen LogP contribution in [-0.2, 0) is 14.3 Å². The van der Waals surface area contributed by atoms with Gasteiger partial charge in [-0.05, 0) is 13.8 Å². The SMILES string of the molecule is C=C[C@H]1OC(C)(C)O[C@@H]1[C@H](O)C=O. The summed E-state index contributed by atoms with van der Waals surface area (Å²) in [7, 11) is 0. The van der Waals surface area contributed by atoms with E-state index >= 15 is 0 Å². The molecular formula is C9H14O4. The summed E-state index contributed by atoms with van der Waals surface area (Å²) in [5.74, 6) is -0.770. The molecule has 1 heterocycles. The molecule has 4 nitrogen and oxygen atoms in total. The van der Waals surface area contributed by atoms with E-state index in [2.05, 4.69) is 6.58 Å². The number of hydrogen-bond donors (Lipinski definition) is 1. The van der Waals surface area contributed by atoms with E-state index in [0.717, 1.165) is 0 Å². The van der Waals surface area contributed by atoms with Crippen molar-refractivity contribution in [2.45, 2.75) is 37.9 Å². The Balaban J connectivity index is 2.74. The summed E-state index contributed by atoms with van der Waals surface area (Å²) in [5, 5.41) is 9.27. The van der Waals surface area contributed by atoms with Gasteiger partial charge < -0.3 is 19.4 Å². The van der Waals surface area contributed by atoms with Crippen molar-refractivity contribution in [1.29, 1.82) is 0 Å². The Morgan fingerprint density at radius 1 is 1.54 bits per heavy atom. The van der Waals surface area contributed by atoms with Crippen LogP contribution in [0, 0.1) is 0 Å². The molecule has 0 spiro atoms. The highest BCUT2D eigenvalue weighted by molar-refractivity contribution is 5.57. The van der Waals surface area contributed by atoms with E-state index in [-0.39, 0.29) is 0 Å². The van der Waals surface area contributed by atoms with Gasteiger partial charge in [0.25, 0.3) is 0 Å². The van der Waals surface area contributed by atoms with Gasteiger partial charge in [-0.25, -0.2) is 0 Å². The number of rotatable bonds is 3. The zero-order chi connectivity index (χ0) is 10.1. The highest BCUT2D eigenvalue weighted by Gasteiger charge is 2.43. The van der Waals surface area contributed by atoms with Crippen LogP contribution in [0.5, 0.6) is 0 Å². The molecule has 3 atom stereocenters. The van der Waals surface area contributed by atoms with Crippen LogP contribution in [0.2, 0.25) is 0 Å². The van der Waals surface area contributed by atoms with E-state index in [0.29, 0.717) is 6.29 Å². The predicted octanol–water partition coefficient (Wildman–Crippen LogP) is 0.252. The number of carbonyl (C=O) groups excluding carboxylic acids is 1. The van der Waals surface area contributed by atoms with Gasteiger partial charge in [0.2, 0.25) is 0 Å². The minimum Gasteiger partial charge on any atom is -0.383 e. The standard InChI is InChI=1S/C9H14O4/c1-4-7-8(6(11)5-10)13-9(2,3)12-7/h4-8,11H,1H2,2-3H3/t6-,7-,8-/m1/s1. The van der Waals surface area contributed by atoms with Crippen molar-refractivity contribution in [1.82, 2.24) is 0 Å². The normalized spacial score (nSPS) is 34.1. The van der Waals surface area contributed by atoms with Crippen LogP contribution in [-0.4, -0.2) is 35.5 Å². The van der Waals surface area contributed by atoms with Gasteiger partial charge in [-0.1, -0.05) is 6.08 Å². The van der Waals surface area contributed by atoms with Gasteiger partial charge in [0.05, 0.1) is 0 Å². The van der Waals surface area contributed by atoms with Crippen molar-refractivity contribution in [2.24, 2.45) is 0 Å². The number of ether oxygens (including phenoxy) is 2. The molecule has 0 amide bonds. The molecule has 4 heteroatoms. The van der Waals surface area contributed by atoms with E-state index in [9.17, 15) is 9.90 Å². The number of aliphatic hydroxyl groups is 1. The quantitative estimate of drug-likeness (QED) is 0.507. The molecular weight excluding hydrogens is 172 g/mol. The highest BCUT2D eigenvalue weighted by atomic mass is 16.8. The minimum atomic E-state index is -1.16. The van der Waals surface area contributed by atoms with E-state index in [4.69, 9.17) is 9.47 Å². The lowest BCUT2D eigenvalue weighted by Crippen LogP contribution is -2.35. The molecule has 1 saturated heterocycles. The number of aliphatic hydroxyl groups excluding tert-OH is 1. The summed E-state index contributed by atoms with van der Waals surface area (Å²) >= 11 is 0. The molecule has 1 aliphatic heterocycles. The summed E-state index contributed by atoms with van der Waals surface area (Å²) in [6.07, 6.45) is -0.289. The number of carbonyl (C=O) groups is 1. The van der Waals surface area contributed by atoms with Crippen LogP contribution >= 0.6 is 0 Å². The third-order valence-corrected chi connectivity index (χ3v) is 1.87. The molecule has 1 N–H and O–H groups in total. The first-order valence-electron chi connectivity index (χ1n) is 4.12. The average Bonchev–Trinajstić information content (AvgIpc) is 2.39. The molecule has 0 aliphatic carbocycles. The lowest BCUT2D eigenvalue weighted by molar-refractivity contribution is -0.155. The molecule has 1 rings (SSSR count). The molecule has 0 bridgehead atoms. The summed E-state index contributed by atoms with van der Waals surface area (Å²) in [5.41, 5.74) is 0. The van der Waals surface area contributed by atoms with Crippen LogP contribution in [0.1, 0.15) is 13.8 Å². The largest absolute Gasteiger partial charge is 0.383 e. The van der Waals surface area contributed by atoms with E-state index < -0.39 is 24.1 Å². The molecule has 0 aromatic heterocycles. The maximum atomic E-state index is 10.3. The van der Waals surface area contributed by atoms with Crippen molar-refractivity contribution < 1.29 is 19.4 Å². The number of aldehydes is 1. The van der Waals surface area contributed by atoms with Crippen molar-refractivity contribution in [3.05, 3.63) is 12.7 Å². The Hall–Kier alpha value is -0.710. The summed E-state index contributed by atoms with van der Waals surface area (Å²) in [4.78, 5) is 10.3. The fraction of sp³-hybridized carbons (Fsp3) is 0.667. The Bertz CT molecular complexity index is 212. The second-order valence-electron chi connectivity index (χ2n) is 3.43. The van der Waals surface area contributed by atoms with Crippen LogP contribution in [0.3, 0.4) is 0 Å². The zero-order valence-electron chi connectivity index (χ0n) is 7.77. The molecule has 0 aromatic carbocycles. The molecule has 0 aromatic rings. The second kappa shape index (κ2) is 3.57. The second-order valence-corrected chi connectivity index (χ2v) is 3.43. The van der Waals surface area contributed by atoms with Gasteiger partial charge in [0.15, 0.2) is 12.1 Å². The Morgan fingerprint density at radius 3 is 2.62 bits per heavy atom. The first-order chi connectivity index (χ1) is 6.00. The van der Waals surface area contributed by atoms with E-state index in [1.54, 1.807) is 13.8 Å². The summed E-state index contributed by atoms with van der Waals surface area (Å²) < 4.78 is 10.7. The van der Waals surface area contributed by atoms with Crippen molar-refractivity contribution in [3.63, 3.8) is 0 Å². The average molecular weight is 186 g/mol. The first-order valence-corrected chi connectivity index (χ1v) is 4.12. The molecule has 0 unspecified atom stereocenters. The Kier molecular flexibility index (Phi) is 2.85. The van der Waals surface area contributed by atoms with Crippen LogP contribution < -0.4 is 0 Å². The van der Waals surface area contributed by atoms with Crippen LogP contribution in [0.15, 0.2) is 12.7 Å². The zero-order valence-corrected chi connectivity index (χ0v) is 7.77. The van der Waals surface area contributed by atoms with Crippen molar-refractivity contribution in [3.8, 4) is 0 Å². The van der Waals surface area contributed by atoms with E-state index in [1.807, 2.05) is 0 Å². The third kappa shape index (κ3) is 2.15. The lowest BCUT2D eigenvalue weighted by atomic mass is 10.1. The molecule has 0 radical (unpaired) electrons. The molecule has 13 heavy (non-hydrogen) atoms. The fourth-order valence-electron chi connectivity index (χ4n) is 1.34. The third-order valence-electron chi connectivity index (χ3n) is 1.87. The fourth-order valence-corrected chi connectivity index (χ4v) is 1.34. The monoisotopic (exact) mass is 186 g/mol. The van der Waals surface area contributed by atoms with E-state index in [1.165, 1.54) is 6.08 Å². The molecule has 1 fully saturated rings. The maximum Gasteiger partial charge on any atom is 0.164 e. The molecule has 1 aliphatic rings. The van der Waals surface area contributed by atoms with Crippen molar-refractivity contribution >= 4 is 6.29 Å². The Labute approximate surface area is 77.1 Å². The van der Waals surface area contributed by atoms with Gasteiger partial charge in [-0.15, -0.1) is 6.58 Å². The van der Waals surface area contributed by atoms with Crippen molar-refractivity contribution in [2.75, 3.05) is 0 Å². The summed E-state index contributed by atoms with van der Waals surface area (Å²) in [6.45, 7) is 6.99. The number of hydrogen-bond acceptors (Lipinski definition) is 4. The minimum absolute atomic E-state index is 0.435. The highest BCUT2D eigenvalue weighted by Crippen LogP contribution is 2.29. The Morgan fingerprint density at radius 2 is 2.15 bits per heavy atom. The van der Waals surface area contributed by atoms with Gasteiger partial charge >= 0.3 is 0 Å². The summed E-state index contributed by atoms with van der Waals surface area (Å²) in [6, 6.07) is 0. The van der Waals surface area contributed by atoms with Gasteiger partial charge in [0.1, 0.15) is 18.3 Å². The first kappa shape index (κ1) is 10.4. The lowest BCUT2D eigenvalue weighted by Gasteiger charge is -2.17. The molecule has 0 saturated carbocycles. The van der Waals surface area contributed by atoms with Gasteiger partial charge in [-0.3, -0.25) is 0 Å². The van der Waals surface area contributed by atoms with Gasteiger partial charge in [-0.2, -0.15) is 0 Å². The van der Waals surface area contributed by atoms with Crippen LogP contribution in [0.25, 0.3) is 0 Å². The predicted molar refractivity (Wildman–Crippen MR) is 46.1 cm³/mol. The molecule has 74 valence electrons. The maximum absolute atomic E-state index is 10.3. The topological polar surface area (TPSA) is 55.8 Å². The van der Waals surface area contributed by atoms with Gasteiger partial charge in [0, 0.05) is 0 Å². The van der Waals surface area contributed by atoms with Crippen LogP contribution in [0.4, 0.5) is 0 Å². The smallest absolute Gasteiger partial charge is 0.164 e.